The van der Waals surface area contributed by atoms with Gasteiger partial charge in [-0.05, 0) is 30.5 Å². The second-order valence-corrected chi connectivity index (χ2v) is 4.12. The third-order valence-corrected chi connectivity index (χ3v) is 2.69. The number of carbonyl (C=O) groups excluding carboxylic acids is 1. The van der Waals surface area contributed by atoms with Crippen molar-refractivity contribution >= 4 is 11.9 Å². The fraction of sp³-hybridized carbons (Fsp3) is 0.385. The highest BCUT2D eigenvalue weighted by molar-refractivity contribution is 5.85. The lowest BCUT2D eigenvalue weighted by Crippen LogP contribution is -2.35. The summed E-state index contributed by atoms with van der Waals surface area (Å²) in [5.74, 6) is -1.55. The van der Waals surface area contributed by atoms with Gasteiger partial charge in [-0.2, -0.15) is 0 Å². The number of hydrogen-bond donors (Lipinski definition) is 2. The molecule has 0 aromatic heterocycles. The van der Waals surface area contributed by atoms with Crippen molar-refractivity contribution in [3.05, 3.63) is 34.9 Å². The van der Waals surface area contributed by atoms with Crippen molar-refractivity contribution in [3.63, 3.8) is 0 Å². The molecule has 0 aliphatic rings. The first-order chi connectivity index (χ1) is 8.45. The fourth-order valence-corrected chi connectivity index (χ4v) is 1.57. The van der Waals surface area contributed by atoms with E-state index in [1.54, 1.807) is 12.1 Å². The van der Waals surface area contributed by atoms with Crippen LogP contribution in [0.15, 0.2) is 18.2 Å². The lowest BCUT2D eigenvalue weighted by molar-refractivity contribution is -0.142. The van der Waals surface area contributed by atoms with Crippen LogP contribution in [0.1, 0.15) is 22.7 Å². The minimum atomic E-state index is -1.09. The molecular weight excluding hydrogens is 234 g/mol. The van der Waals surface area contributed by atoms with Crippen molar-refractivity contribution in [2.75, 3.05) is 13.7 Å². The number of carboxylic acid groups (broad SMARTS) is 1. The van der Waals surface area contributed by atoms with Crippen LogP contribution < -0.4 is 5.32 Å². The van der Waals surface area contributed by atoms with Crippen LogP contribution in [-0.4, -0.2) is 30.7 Å². The van der Waals surface area contributed by atoms with E-state index in [4.69, 9.17) is 5.11 Å². The predicted octanol–water partition coefficient (Wildman–Crippen LogP) is 1.19. The fourth-order valence-electron chi connectivity index (χ4n) is 1.57. The molecule has 0 fully saturated rings. The third-order valence-electron chi connectivity index (χ3n) is 2.69. The van der Waals surface area contributed by atoms with Gasteiger partial charge in [0, 0.05) is 7.11 Å². The van der Waals surface area contributed by atoms with Crippen molar-refractivity contribution in [3.8, 4) is 0 Å². The molecule has 0 saturated carbocycles. The molecule has 0 saturated heterocycles. The quantitative estimate of drug-likeness (QED) is 0.824. The largest absolute Gasteiger partial charge is 0.479 e. The molecule has 2 N–H and O–H groups in total. The maximum absolute atomic E-state index is 11.4. The number of amides is 1. The van der Waals surface area contributed by atoms with Gasteiger partial charge in [0.1, 0.15) is 6.61 Å². The van der Waals surface area contributed by atoms with Crippen LogP contribution in [-0.2, 0) is 14.3 Å². The molecule has 0 radical (unpaired) electrons. The number of carbonyl (C=O) groups is 2. The van der Waals surface area contributed by atoms with Crippen molar-refractivity contribution in [1.29, 1.82) is 0 Å². The minimum Gasteiger partial charge on any atom is -0.479 e. The number of hydrogen-bond acceptors (Lipinski definition) is 3. The summed E-state index contributed by atoms with van der Waals surface area (Å²) in [7, 11) is 1.38. The van der Waals surface area contributed by atoms with E-state index in [0.717, 1.165) is 11.1 Å². The van der Waals surface area contributed by atoms with Crippen LogP contribution in [0.3, 0.4) is 0 Å². The Morgan fingerprint density at radius 1 is 1.33 bits per heavy atom. The molecule has 1 aromatic carbocycles. The van der Waals surface area contributed by atoms with Crippen LogP contribution in [0, 0.1) is 13.8 Å². The zero-order chi connectivity index (χ0) is 13.7. The van der Waals surface area contributed by atoms with Crippen molar-refractivity contribution < 1.29 is 19.4 Å². The first kappa shape index (κ1) is 14.2. The Morgan fingerprint density at radius 3 is 2.50 bits per heavy atom. The Labute approximate surface area is 106 Å². The number of methoxy groups -OCH3 is 1. The van der Waals surface area contributed by atoms with Crippen LogP contribution in [0.25, 0.3) is 0 Å². The van der Waals surface area contributed by atoms with Crippen LogP contribution in [0.2, 0.25) is 0 Å². The van der Waals surface area contributed by atoms with Gasteiger partial charge in [0.05, 0.1) is 0 Å². The van der Waals surface area contributed by atoms with Gasteiger partial charge in [-0.1, -0.05) is 18.2 Å². The lowest BCUT2D eigenvalue weighted by atomic mass is 10.0. The maximum Gasteiger partial charge on any atom is 0.330 e. The summed E-state index contributed by atoms with van der Waals surface area (Å²) >= 11 is 0. The molecule has 0 bridgehead atoms. The molecular formula is C13H17NO4. The summed E-state index contributed by atoms with van der Waals surface area (Å²) < 4.78 is 4.66. The molecule has 1 aromatic rings. The number of rotatable bonds is 5. The second kappa shape index (κ2) is 6.16. The van der Waals surface area contributed by atoms with Gasteiger partial charge >= 0.3 is 5.97 Å². The molecule has 0 spiro atoms. The third kappa shape index (κ3) is 3.56. The zero-order valence-corrected chi connectivity index (χ0v) is 10.7. The minimum absolute atomic E-state index is 0.158. The van der Waals surface area contributed by atoms with E-state index in [-0.39, 0.29) is 6.61 Å². The molecule has 18 heavy (non-hydrogen) atoms. The molecule has 1 amide bonds. The van der Waals surface area contributed by atoms with Crippen LogP contribution in [0.4, 0.5) is 0 Å². The predicted molar refractivity (Wildman–Crippen MR) is 66.3 cm³/mol. The molecule has 1 unspecified atom stereocenters. The van der Waals surface area contributed by atoms with Crippen molar-refractivity contribution in [2.45, 2.75) is 19.9 Å². The monoisotopic (exact) mass is 251 g/mol. The number of carboxylic acids is 1. The highest BCUT2D eigenvalue weighted by Gasteiger charge is 2.22. The smallest absolute Gasteiger partial charge is 0.330 e. The van der Waals surface area contributed by atoms with Gasteiger partial charge in [-0.25, -0.2) is 4.79 Å². The van der Waals surface area contributed by atoms with E-state index in [9.17, 15) is 9.59 Å². The lowest BCUT2D eigenvalue weighted by Gasteiger charge is -2.15. The number of ether oxygens (including phenoxy) is 1. The van der Waals surface area contributed by atoms with E-state index in [1.165, 1.54) is 7.11 Å². The number of nitrogens with one attached hydrogen (secondary N) is 1. The normalized spacial score (nSPS) is 11.9. The SMILES string of the molecule is COCC(=O)NC(C(=O)O)c1ccc(C)c(C)c1. The summed E-state index contributed by atoms with van der Waals surface area (Å²) in [6.07, 6.45) is 0. The Bertz CT molecular complexity index is 456. The van der Waals surface area contributed by atoms with Crippen LogP contribution in [0.5, 0.6) is 0 Å². The van der Waals surface area contributed by atoms with E-state index < -0.39 is 17.9 Å². The molecule has 5 heteroatoms. The highest BCUT2D eigenvalue weighted by atomic mass is 16.5. The number of aryl methyl sites for hydroxylation is 2. The molecule has 5 nitrogen and oxygen atoms in total. The Balaban J connectivity index is 2.94. The van der Waals surface area contributed by atoms with E-state index in [1.807, 2.05) is 19.9 Å². The maximum atomic E-state index is 11.4. The first-order valence-corrected chi connectivity index (χ1v) is 5.54. The summed E-state index contributed by atoms with van der Waals surface area (Å²) in [5, 5.41) is 11.6. The molecule has 0 aliphatic carbocycles. The van der Waals surface area contributed by atoms with Gasteiger partial charge < -0.3 is 15.2 Å². The van der Waals surface area contributed by atoms with E-state index in [0.29, 0.717) is 5.56 Å². The average Bonchev–Trinajstić information content (AvgIpc) is 2.30. The summed E-state index contributed by atoms with van der Waals surface area (Å²) in [4.78, 5) is 22.6. The average molecular weight is 251 g/mol. The van der Waals surface area contributed by atoms with E-state index in [2.05, 4.69) is 10.1 Å². The van der Waals surface area contributed by atoms with Gasteiger partial charge in [-0.3, -0.25) is 4.79 Å². The van der Waals surface area contributed by atoms with Crippen molar-refractivity contribution in [2.24, 2.45) is 0 Å². The Morgan fingerprint density at radius 2 is 2.00 bits per heavy atom. The topological polar surface area (TPSA) is 75.6 Å². The summed E-state index contributed by atoms with van der Waals surface area (Å²) in [6.45, 7) is 3.68. The van der Waals surface area contributed by atoms with Gasteiger partial charge in [-0.15, -0.1) is 0 Å². The standard InChI is InChI=1S/C13H17NO4/c1-8-4-5-10(6-9(8)2)12(13(16)17)14-11(15)7-18-3/h4-6,12H,7H2,1-3H3,(H,14,15)(H,16,17). The molecule has 0 heterocycles. The summed E-state index contributed by atoms with van der Waals surface area (Å²) in [5.41, 5.74) is 2.61. The molecule has 1 rings (SSSR count). The second-order valence-electron chi connectivity index (χ2n) is 4.12. The zero-order valence-electron chi connectivity index (χ0n) is 10.7. The molecule has 1 atom stereocenters. The number of benzene rings is 1. The highest BCUT2D eigenvalue weighted by Crippen LogP contribution is 2.17. The van der Waals surface area contributed by atoms with Gasteiger partial charge in [0.2, 0.25) is 5.91 Å². The Kier molecular flexibility index (Phi) is 4.85. The summed E-state index contributed by atoms with van der Waals surface area (Å²) in [6, 6.07) is 4.25. The van der Waals surface area contributed by atoms with Crippen LogP contribution >= 0.6 is 0 Å². The van der Waals surface area contributed by atoms with E-state index >= 15 is 0 Å². The molecule has 98 valence electrons. The van der Waals surface area contributed by atoms with Gasteiger partial charge in [0.15, 0.2) is 6.04 Å². The number of aliphatic carboxylic acids is 1. The van der Waals surface area contributed by atoms with Gasteiger partial charge in [0.25, 0.3) is 0 Å². The molecule has 0 aliphatic heterocycles. The van der Waals surface area contributed by atoms with Crippen molar-refractivity contribution in [1.82, 2.24) is 5.32 Å². The first-order valence-electron chi connectivity index (χ1n) is 5.54. The Hall–Kier alpha value is -1.88.